The van der Waals surface area contributed by atoms with Crippen molar-refractivity contribution in [1.82, 2.24) is 5.32 Å². The summed E-state index contributed by atoms with van der Waals surface area (Å²) < 4.78 is 5.46. The number of aliphatic hydroxyl groups is 2. The summed E-state index contributed by atoms with van der Waals surface area (Å²) in [5.41, 5.74) is 0. The molecule has 2 atom stereocenters. The third-order valence-electron chi connectivity index (χ3n) is 11.7. The molecule has 0 aromatic heterocycles. The molecule has 2 unspecified atom stereocenters. The number of rotatable bonds is 46. The summed E-state index contributed by atoms with van der Waals surface area (Å²) in [5, 5.41) is 23.0. The molecule has 0 radical (unpaired) electrons. The first-order valence-electron chi connectivity index (χ1n) is 24.8. The van der Waals surface area contributed by atoms with Crippen molar-refractivity contribution in [3.05, 3.63) is 0 Å². The number of aliphatic hydroxyl groups excluding tert-OH is 2. The van der Waals surface area contributed by atoms with E-state index in [4.69, 9.17) is 4.74 Å². The maximum absolute atomic E-state index is 12.4. The lowest BCUT2D eigenvalue weighted by atomic mass is 10.0. The number of hydrogen-bond acceptors (Lipinski definition) is 5. The highest BCUT2D eigenvalue weighted by Crippen LogP contribution is 2.17. The predicted molar refractivity (Wildman–Crippen MR) is 237 cm³/mol. The van der Waals surface area contributed by atoms with E-state index in [0.717, 1.165) is 44.9 Å². The summed E-state index contributed by atoms with van der Waals surface area (Å²) in [7, 11) is 0. The van der Waals surface area contributed by atoms with Crippen LogP contribution in [0.1, 0.15) is 277 Å². The number of carbonyl (C=O) groups excluding carboxylic acids is 2. The molecule has 0 spiro atoms. The lowest BCUT2D eigenvalue weighted by Crippen LogP contribution is -2.45. The lowest BCUT2D eigenvalue weighted by molar-refractivity contribution is -0.143. The van der Waals surface area contributed by atoms with Gasteiger partial charge in [0.25, 0.3) is 0 Å². The molecule has 0 fully saturated rings. The molecule has 1 amide bonds. The van der Waals surface area contributed by atoms with Crippen molar-refractivity contribution in [3.8, 4) is 0 Å². The molecule has 0 saturated heterocycles. The highest BCUT2D eigenvalue weighted by Gasteiger charge is 2.20. The third kappa shape index (κ3) is 42.3. The number of carbonyl (C=O) groups is 2. The van der Waals surface area contributed by atoms with Crippen LogP contribution in [0.4, 0.5) is 0 Å². The second-order valence-corrected chi connectivity index (χ2v) is 17.2. The number of ether oxygens (including phenoxy) is 1. The molecule has 0 aliphatic rings. The second kappa shape index (κ2) is 45.6. The van der Waals surface area contributed by atoms with Gasteiger partial charge in [-0.3, -0.25) is 9.59 Å². The predicted octanol–water partition coefficient (Wildman–Crippen LogP) is 14.4. The Bertz CT molecular complexity index is 776. The fourth-order valence-corrected chi connectivity index (χ4v) is 7.82. The molecule has 0 heterocycles. The van der Waals surface area contributed by atoms with E-state index in [2.05, 4.69) is 19.2 Å². The van der Waals surface area contributed by atoms with Gasteiger partial charge in [-0.05, 0) is 25.7 Å². The highest BCUT2D eigenvalue weighted by molar-refractivity contribution is 5.76. The normalized spacial score (nSPS) is 12.6. The van der Waals surface area contributed by atoms with Gasteiger partial charge >= 0.3 is 5.97 Å². The van der Waals surface area contributed by atoms with Crippen molar-refractivity contribution in [3.63, 3.8) is 0 Å². The van der Waals surface area contributed by atoms with E-state index in [1.165, 1.54) is 199 Å². The van der Waals surface area contributed by atoms with Gasteiger partial charge in [0.2, 0.25) is 5.91 Å². The Morgan fingerprint density at radius 2 is 0.745 bits per heavy atom. The molecule has 0 rings (SSSR count). The maximum Gasteiger partial charge on any atom is 0.305 e. The molecule has 328 valence electrons. The van der Waals surface area contributed by atoms with Gasteiger partial charge in [-0.1, -0.05) is 239 Å². The molecular weight excluding hydrogens is 683 g/mol. The Kier molecular flexibility index (Phi) is 44.6. The van der Waals surface area contributed by atoms with Gasteiger partial charge < -0.3 is 20.3 Å². The summed E-state index contributed by atoms with van der Waals surface area (Å²) in [6.07, 6.45) is 49.3. The minimum Gasteiger partial charge on any atom is -0.466 e. The van der Waals surface area contributed by atoms with Gasteiger partial charge in [-0.25, -0.2) is 0 Å². The number of unbranched alkanes of at least 4 members (excludes halogenated alkanes) is 35. The van der Waals surface area contributed by atoms with Crippen molar-refractivity contribution in [2.45, 2.75) is 289 Å². The van der Waals surface area contributed by atoms with E-state index >= 15 is 0 Å². The molecule has 0 saturated carbocycles. The Morgan fingerprint density at radius 1 is 0.436 bits per heavy atom. The van der Waals surface area contributed by atoms with E-state index in [9.17, 15) is 19.8 Å². The smallest absolute Gasteiger partial charge is 0.305 e. The summed E-state index contributed by atoms with van der Waals surface area (Å²) in [6.45, 7) is 4.92. The van der Waals surface area contributed by atoms with Crippen molar-refractivity contribution in [2.75, 3.05) is 13.2 Å². The van der Waals surface area contributed by atoms with Gasteiger partial charge in [0.1, 0.15) is 0 Å². The maximum atomic E-state index is 12.4. The van der Waals surface area contributed by atoms with Gasteiger partial charge in [0.05, 0.1) is 25.4 Å². The number of hydrogen-bond donors (Lipinski definition) is 3. The molecular formula is C49H97NO5. The van der Waals surface area contributed by atoms with Crippen LogP contribution in [-0.2, 0) is 14.3 Å². The molecule has 0 aromatic carbocycles. The molecule has 6 nitrogen and oxygen atoms in total. The zero-order chi connectivity index (χ0) is 40.1. The molecule has 0 aliphatic carbocycles. The fourth-order valence-electron chi connectivity index (χ4n) is 7.82. The third-order valence-corrected chi connectivity index (χ3v) is 11.7. The van der Waals surface area contributed by atoms with Crippen LogP contribution in [0.5, 0.6) is 0 Å². The van der Waals surface area contributed by atoms with E-state index in [-0.39, 0.29) is 18.5 Å². The standard InChI is InChI=1S/C49H97NO5/c1-3-5-7-9-11-13-14-19-23-27-31-35-39-43-49(54)55-44-40-36-32-28-24-21-18-16-15-17-20-22-26-30-34-38-42-48(53)50-46(45-51)47(52)41-37-33-29-25-12-10-8-6-4-2/h46-47,51-52H,3-45H2,1-2H3,(H,50,53). The van der Waals surface area contributed by atoms with E-state index in [1.807, 2.05) is 0 Å². The van der Waals surface area contributed by atoms with Crippen molar-refractivity contribution >= 4 is 11.9 Å². The topological polar surface area (TPSA) is 95.9 Å². The van der Waals surface area contributed by atoms with E-state index in [0.29, 0.717) is 25.9 Å². The van der Waals surface area contributed by atoms with Gasteiger partial charge in [0.15, 0.2) is 0 Å². The summed E-state index contributed by atoms with van der Waals surface area (Å²) in [6, 6.07) is -0.542. The Morgan fingerprint density at radius 3 is 1.11 bits per heavy atom. The zero-order valence-corrected chi connectivity index (χ0v) is 37.2. The van der Waals surface area contributed by atoms with Crippen LogP contribution < -0.4 is 5.32 Å². The summed E-state index contributed by atoms with van der Waals surface area (Å²) in [5.74, 6) is -0.0386. The van der Waals surface area contributed by atoms with E-state index < -0.39 is 12.1 Å². The summed E-state index contributed by atoms with van der Waals surface area (Å²) >= 11 is 0. The molecule has 6 heteroatoms. The second-order valence-electron chi connectivity index (χ2n) is 17.2. The molecule has 0 aromatic rings. The van der Waals surface area contributed by atoms with Crippen LogP contribution in [0.25, 0.3) is 0 Å². The molecule has 3 N–H and O–H groups in total. The monoisotopic (exact) mass is 780 g/mol. The van der Waals surface area contributed by atoms with Crippen molar-refractivity contribution < 1.29 is 24.5 Å². The molecule has 55 heavy (non-hydrogen) atoms. The first-order valence-corrected chi connectivity index (χ1v) is 24.8. The average Bonchev–Trinajstić information content (AvgIpc) is 3.18. The lowest BCUT2D eigenvalue weighted by Gasteiger charge is -2.22. The van der Waals surface area contributed by atoms with Crippen LogP contribution in [0.15, 0.2) is 0 Å². The highest BCUT2D eigenvalue weighted by atomic mass is 16.5. The quantitative estimate of drug-likeness (QED) is 0.0422. The van der Waals surface area contributed by atoms with Crippen molar-refractivity contribution in [1.29, 1.82) is 0 Å². The zero-order valence-electron chi connectivity index (χ0n) is 37.2. The number of amides is 1. The minimum absolute atomic E-state index is 0.00472. The first-order chi connectivity index (χ1) is 27.0. The SMILES string of the molecule is CCCCCCCCCCCCCCCC(=O)OCCCCCCCCCCCCCCCCCCC(=O)NC(CO)C(O)CCCCCCCCCCC. The minimum atomic E-state index is -0.664. The Labute approximate surface area is 343 Å². The van der Waals surface area contributed by atoms with Crippen LogP contribution >= 0.6 is 0 Å². The summed E-state index contributed by atoms with van der Waals surface area (Å²) in [4.78, 5) is 24.4. The van der Waals surface area contributed by atoms with Crippen LogP contribution in [0, 0.1) is 0 Å². The van der Waals surface area contributed by atoms with Gasteiger partial charge in [0, 0.05) is 12.8 Å². The Balaban J connectivity index is 3.38. The fraction of sp³-hybridized carbons (Fsp3) is 0.959. The average molecular weight is 780 g/mol. The number of nitrogens with one attached hydrogen (secondary N) is 1. The van der Waals surface area contributed by atoms with Crippen LogP contribution in [0.3, 0.4) is 0 Å². The molecule has 0 aliphatic heterocycles. The van der Waals surface area contributed by atoms with Crippen LogP contribution in [0.2, 0.25) is 0 Å². The van der Waals surface area contributed by atoms with Crippen molar-refractivity contribution in [2.24, 2.45) is 0 Å². The Hall–Kier alpha value is -1.14. The van der Waals surface area contributed by atoms with Crippen LogP contribution in [-0.4, -0.2) is 47.4 Å². The largest absolute Gasteiger partial charge is 0.466 e. The number of esters is 1. The van der Waals surface area contributed by atoms with Gasteiger partial charge in [-0.2, -0.15) is 0 Å². The van der Waals surface area contributed by atoms with E-state index in [1.54, 1.807) is 0 Å². The first kappa shape index (κ1) is 53.9. The van der Waals surface area contributed by atoms with Gasteiger partial charge in [-0.15, -0.1) is 0 Å². The molecule has 0 bridgehead atoms.